The van der Waals surface area contributed by atoms with Crippen LogP contribution in [0.5, 0.6) is 0 Å². The van der Waals surface area contributed by atoms with Crippen LogP contribution in [0.25, 0.3) is 10.8 Å². The van der Waals surface area contributed by atoms with E-state index >= 15 is 0 Å². The number of pyridine rings is 1. The second-order valence-electron chi connectivity index (χ2n) is 3.35. The minimum Gasteiger partial charge on any atom is -0.318 e. The van der Waals surface area contributed by atoms with Crippen LogP contribution in [0.2, 0.25) is 0 Å². The summed E-state index contributed by atoms with van der Waals surface area (Å²) in [6.45, 7) is 2.05. The Balaban J connectivity index is 2.89. The van der Waals surface area contributed by atoms with Crippen molar-refractivity contribution < 1.29 is 0 Å². The SMILES string of the molecule is Cc1ccc2cc(=O)n(C)cc2c1. The van der Waals surface area contributed by atoms with Crippen molar-refractivity contribution in [2.75, 3.05) is 0 Å². The molecule has 0 N–H and O–H groups in total. The topological polar surface area (TPSA) is 22.0 Å². The zero-order valence-electron chi connectivity index (χ0n) is 7.74. The summed E-state index contributed by atoms with van der Waals surface area (Å²) in [5.74, 6) is 0. The molecule has 2 nitrogen and oxygen atoms in total. The smallest absolute Gasteiger partial charge is 0.250 e. The van der Waals surface area contributed by atoms with E-state index in [2.05, 4.69) is 6.07 Å². The van der Waals surface area contributed by atoms with E-state index < -0.39 is 0 Å². The molecule has 1 aromatic heterocycles. The van der Waals surface area contributed by atoms with Gasteiger partial charge in [-0.15, -0.1) is 0 Å². The van der Waals surface area contributed by atoms with Gasteiger partial charge < -0.3 is 4.57 Å². The van der Waals surface area contributed by atoms with E-state index in [0.29, 0.717) is 0 Å². The molecule has 0 aliphatic heterocycles. The Hall–Kier alpha value is -1.57. The third-order valence-corrected chi connectivity index (χ3v) is 2.20. The zero-order chi connectivity index (χ0) is 9.42. The lowest BCUT2D eigenvalue weighted by Crippen LogP contribution is -2.13. The van der Waals surface area contributed by atoms with Gasteiger partial charge in [0.1, 0.15) is 0 Å². The van der Waals surface area contributed by atoms with Gasteiger partial charge in [-0.25, -0.2) is 0 Å². The highest BCUT2D eigenvalue weighted by atomic mass is 16.1. The summed E-state index contributed by atoms with van der Waals surface area (Å²) in [7, 11) is 1.77. The van der Waals surface area contributed by atoms with Crippen molar-refractivity contribution in [3.63, 3.8) is 0 Å². The number of hydrogen-bond donors (Lipinski definition) is 0. The van der Waals surface area contributed by atoms with Crippen LogP contribution in [0.4, 0.5) is 0 Å². The van der Waals surface area contributed by atoms with Crippen LogP contribution in [-0.4, -0.2) is 4.57 Å². The van der Waals surface area contributed by atoms with Gasteiger partial charge in [-0.05, 0) is 23.8 Å². The third kappa shape index (κ3) is 1.35. The molecule has 2 rings (SSSR count). The number of aryl methyl sites for hydroxylation is 2. The lowest BCUT2D eigenvalue weighted by atomic mass is 10.1. The number of aromatic nitrogens is 1. The minimum atomic E-state index is 0.0383. The highest BCUT2D eigenvalue weighted by Crippen LogP contribution is 2.12. The van der Waals surface area contributed by atoms with Crippen LogP contribution in [0.15, 0.2) is 35.3 Å². The summed E-state index contributed by atoms with van der Waals surface area (Å²) < 4.78 is 1.60. The predicted octanol–water partition coefficient (Wildman–Crippen LogP) is 1.85. The molecule has 0 saturated heterocycles. The molecule has 0 unspecified atom stereocenters. The molecule has 0 amide bonds. The molecule has 0 saturated carbocycles. The van der Waals surface area contributed by atoms with Crippen LogP contribution in [-0.2, 0) is 7.05 Å². The molecule has 2 aromatic rings. The second kappa shape index (κ2) is 2.73. The highest BCUT2D eigenvalue weighted by molar-refractivity contribution is 5.82. The molecule has 0 aliphatic rings. The number of benzene rings is 1. The van der Waals surface area contributed by atoms with E-state index in [-0.39, 0.29) is 5.56 Å². The van der Waals surface area contributed by atoms with Crippen molar-refractivity contribution in [1.29, 1.82) is 0 Å². The summed E-state index contributed by atoms with van der Waals surface area (Å²) in [6, 6.07) is 7.73. The van der Waals surface area contributed by atoms with Crippen LogP contribution in [0.1, 0.15) is 5.56 Å². The van der Waals surface area contributed by atoms with Crippen molar-refractivity contribution in [1.82, 2.24) is 4.57 Å². The Labute approximate surface area is 76.4 Å². The normalized spacial score (nSPS) is 10.6. The van der Waals surface area contributed by atoms with Crippen LogP contribution < -0.4 is 5.56 Å². The van der Waals surface area contributed by atoms with Gasteiger partial charge in [0.2, 0.25) is 0 Å². The Morgan fingerprint density at radius 1 is 1.15 bits per heavy atom. The minimum absolute atomic E-state index is 0.0383. The molecular weight excluding hydrogens is 162 g/mol. The largest absolute Gasteiger partial charge is 0.318 e. The quantitative estimate of drug-likeness (QED) is 0.596. The summed E-state index contributed by atoms with van der Waals surface area (Å²) in [5.41, 5.74) is 1.25. The van der Waals surface area contributed by atoms with Crippen LogP contribution >= 0.6 is 0 Å². The molecule has 0 radical (unpaired) electrons. The van der Waals surface area contributed by atoms with Crippen LogP contribution in [0, 0.1) is 6.92 Å². The van der Waals surface area contributed by atoms with Gasteiger partial charge in [0, 0.05) is 19.3 Å². The Morgan fingerprint density at radius 3 is 2.69 bits per heavy atom. The fraction of sp³-hybridized carbons (Fsp3) is 0.182. The number of hydrogen-bond acceptors (Lipinski definition) is 1. The lowest BCUT2D eigenvalue weighted by molar-refractivity contribution is 0.870. The molecular formula is C11H11NO. The number of fused-ring (bicyclic) bond motifs is 1. The molecule has 0 atom stereocenters. The number of nitrogens with zero attached hydrogens (tertiary/aromatic N) is 1. The van der Waals surface area contributed by atoms with E-state index in [9.17, 15) is 4.79 Å². The first-order valence-electron chi connectivity index (χ1n) is 4.24. The van der Waals surface area contributed by atoms with Gasteiger partial charge in [0.15, 0.2) is 0 Å². The standard InChI is InChI=1S/C11H11NO/c1-8-3-4-9-6-11(13)12(2)7-10(9)5-8/h3-7H,1-2H3. The van der Waals surface area contributed by atoms with E-state index in [0.717, 1.165) is 10.8 Å². The maximum absolute atomic E-state index is 11.3. The molecule has 1 heterocycles. The molecule has 1 aromatic carbocycles. The Morgan fingerprint density at radius 2 is 1.92 bits per heavy atom. The second-order valence-corrected chi connectivity index (χ2v) is 3.35. The van der Waals surface area contributed by atoms with Gasteiger partial charge in [-0.1, -0.05) is 17.7 Å². The van der Waals surface area contributed by atoms with Crippen molar-refractivity contribution in [2.45, 2.75) is 6.92 Å². The highest BCUT2D eigenvalue weighted by Gasteiger charge is 1.96. The third-order valence-electron chi connectivity index (χ3n) is 2.20. The maximum atomic E-state index is 11.3. The van der Waals surface area contributed by atoms with Gasteiger partial charge >= 0.3 is 0 Å². The molecule has 2 heteroatoms. The monoisotopic (exact) mass is 173 g/mol. The first-order chi connectivity index (χ1) is 6.16. The van der Waals surface area contributed by atoms with Gasteiger partial charge in [-0.2, -0.15) is 0 Å². The summed E-state index contributed by atoms with van der Waals surface area (Å²) in [4.78, 5) is 11.3. The Bertz CT molecular complexity index is 511. The van der Waals surface area contributed by atoms with Gasteiger partial charge in [-0.3, -0.25) is 4.79 Å². The molecule has 66 valence electrons. The molecule has 0 fully saturated rings. The van der Waals surface area contributed by atoms with Crippen LogP contribution in [0.3, 0.4) is 0 Å². The fourth-order valence-electron chi connectivity index (χ4n) is 1.44. The van der Waals surface area contributed by atoms with E-state index in [4.69, 9.17) is 0 Å². The number of rotatable bonds is 0. The molecule has 0 aliphatic carbocycles. The average Bonchev–Trinajstić information content (AvgIpc) is 2.08. The van der Waals surface area contributed by atoms with Gasteiger partial charge in [0.05, 0.1) is 0 Å². The lowest BCUT2D eigenvalue weighted by Gasteiger charge is -2.01. The zero-order valence-corrected chi connectivity index (χ0v) is 7.74. The molecule has 0 spiro atoms. The fourth-order valence-corrected chi connectivity index (χ4v) is 1.44. The van der Waals surface area contributed by atoms with E-state index in [1.807, 2.05) is 25.3 Å². The van der Waals surface area contributed by atoms with Crippen molar-refractivity contribution in [3.05, 3.63) is 46.4 Å². The first kappa shape index (κ1) is 8.05. The van der Waals surface area contributed by atoms with Crippen molar-refractivity contribution in [2.24, 2.45) is 7.05 Å². The van der Waals surface area contributed by atoms with Crippen molar-refractivity contribution in [3.8, 4) is 0 Å². The van der Waals surface area contributed by atoms with Crippen molar-refractivity contribution >= 4 is 10.8 Å². The summed E-state index contributed by atoms with van der Waals surface area (Å²) >= 11 is 0. The van der Waals surface area contributed by atoms with Gasteiger partial charge in [0.25, 0.3) is 5.56 Å². The summed E-state index contributed by atoms with van der Waals surface area (Å²) in [5, 5.41) is 2.12. The molecule has 0 bridgehead atoms. The average molecular weight is 173 g/mol. The molecule has 13 heavy (non-hydrogen) atoms. The first-order valence-corrected chi connectivity index (χ1v) is 4.24. The van der Waals surface area contributed by atoms with E-state index in [1.54, 1.807) is 17.7 Å². The maximum Gasteiger partial charge on any atom is 0.250 e. The predicted molar refractivity (Wildman–Crippen MR) is 53.9 cm³/mol. The Kier molecular flexibility index (Phi) is 1.69. The summed E-state index contributed by atoms with van der Waals surface area (Å²) in [6.07, 6.45) is 1.87. The van der Waals surface area contributed by atoms with E-state index in [1.165, 1.54) is 5.56 Å².